The zero-order chi connectivity index (χ0) is 18.0. The zero-order valence-corrected chi connectivity index (χ0v) is 12.9. The van der Waals surface area contributed by atoms with Crippen LogP contribution in [0.5, 0.6) is 0 Å². The highest BCUT2D eigenvalue weighted by molar-refractivity contribution is 6.16. The second kappa shape index (κ2) is 8.37. The van der Waals surface area contributed by atoms with E-state index < -0.39 is 46.1 Å². The molecule has 0 radical (unpaired) electrons. The van der Waals surface area contributed by atoms with Gasteiger partial charge >= 0.3 is 23.9 Å². The van der Waals surface area contributed by atoms with Gasteiger partial charge in [-0.05, 0) is 17.2 Å². The molecule has 0 amide bonds. The first-order valence-corrected chi connectivity index (χ1v) is 6.45. The second-order valence-electron chi connectivity index (χ2n) is 4.68. The number of hydrogen-bond acceptors (Lipinski definition) is 4. The van der Waals surface area contributed by atoms with E-state index in [-0.39, 0.29) is 22.1 Å². The van der Waals surface area contributed by atoms with E-state index in [4.69, 9.17) is 0 Å². The molecule has 26 heavy (non-hydrogen) atoms. The number of carboxylic acid groups (broad SMARTS) is 4. The first-order valence-electron chi connectivity index (χ1n) is 6.45. The Bertz CT molecular complexity index is 870. The SMILES string of the molecule is O.O.O=C(O)c1cc(-c2ccccc2)c(C(=O)O)c(C(=O)O)c1C(=O)O. The Morgan fingerprint density at radius 3 is 1.46 bits per heavy atom. The number of benzene rings is 2. The molecule has 0 aromatic heterocycles. The summed E-state index contributed by atoms with van der Waals surface area (Å²) in [5, 5.41) is 37.1. The van der Waals surface area contributed by atoms with Crippen LogP contribution in [0.3, 0.4) is 0 Å². The first kappa shape index (κ1) is 22.2. The van der Waals surface area contributed by atoms with Crippen molar-refractivity contribution in [3.8, 4) is 11.1 Å². The van der Waals surface area contributed by atoms with Gasteiger partial charge in [0, 0.05) is 0 Å². The third kappa shape index (κ3) is 3.83. The van der Waals surface area contributed by atoms with Crippen molar-refractivity contribution in [1.82, 2.24) is 0 Å². The van der Waals surface area contributed by atoms with Gasteiger partial charge in [0.1, 0.15) is 0 Å². The minimum Gasteiger partial charge on any atom is -0.478 e. The molecule has 0 saturated carbocycles. The number of aromatic carboxylic acids is 4. The summed E-state index contributed by atoms with van der Waals surface area (Å²) in [4.78, 5) is 45.8. The average Bonchev–Trinajstić information content (AvgIpc) is 2.53. The van der Waals surface area contributed by atoms with E-state index in [9.17, 15) is 39.6 Å². The van der Waals surface area contributed by atoms with Crippen molar-refractivity contribution in [3.63, 3.8) is 0 Å². The van der Waals surface area contributed by atoms with E-state index in [0.29, 0.717) is 0 Å². The highest BCUT2D eigenvalue weighted by atomic mass is 16.4. The van der Waals surface area contributed by atoms with Crippen molar-refractivity contribution < 1.29 is 50.6 Å². The Hall–Kier alpha value is -3.76. The molecule has 0 spiro atoms. The van der Waals surface area contributed by atoms with Gasteiger partial charge in [-0.3, -0.25) is 0 Å². The summed E-state index contributed by atoms with van der Waals surface area (Å²) in [6.45, 7) is 0. The third-order valence-electron chi connectivity index (χ3n) is 3.28. The molecule has 10 nitrogen and oxygen atoms in total. The van der Waals surface area contributed by atoms with Crippen molar-refractivity contribution in [2.75, 3.05) is 0 Å². The van der Waals surface area contributed by atoms with E-state index in [2.05, 4.69) is 0 Å². The topological polar surface area (TPSA) is 212 Å². The van der Waals surface area contributed by atoms with Crippen molar-refractivity contribution in [3.05, 3.63) is 58.7 Å². The fourth-order valence-corrected chi connectivity index (χ4v) is 2.36. The molecule has 0 aliphatic rings. The lowest BCUT2D eigenvalue weighted by Gasteiger charge is -2.14. The molecule has 0 bridgehead atoms. The molecular formula is C16H14O10. The summed E-state index contributed by atoms with van der Waals surface area (Å²) in [5.41, 5.74) is -3.68. The van der Waals surface area contributed by atoms with Crippen LogP contribution in [0.4, 0.5) is 0 Å². The highest BCUT2D eigenvalue weighted by Crippen LogP contribution is 2.32. The fraction of sp³-hybridized carbons (Fsp3) is 0. The molecule has 2 aromatic rings. The van der Waals surface area contributed by atoms with Gasteiger partial charge in [0.25, 0.3) is 0 Å². The molecule has 0 fully saturated rings. The summed E-state index contributed by atoms with van der Waals surface area (Å²) in [5.74, 6) is -7.04. The van der Waals surface area contributed by atoms with Crippen LogP contribution in [0.15, 0.2) is 36.4 Å². The van der Waals surface area contributed by atoms with Crippen LogP contribution in [0.1, 0.15) is 41.4 Å². The lowest BCUT2D eigenvalue weighted by Crippen LogP contribution is -2.20. The largest absolute Gasteiger partial charge is 0.478 e. The Morgan fingerprint density at radius 1 is 0.615 bits per heavy atom. The van der Waals surface area contributed by atoms with E-state index >= 15 is 0 Å². The third-order valence-corrected chi connectivity index (χ3v) is 3.28. The molecule has 0 aliphatic carbocycles. The summed E-state index contributed by atoms with van der Waals surface area (Å²) in [6.07, 6.45) is 0. The molecule has 8 N–H and O–H groups in total. The molecule has 0 unspecified atom stereocenters. The van der Waals surface area contributed by atoms with Crippen LogP contribution in [0.2, 0.25) is 0 Å². The lowest BCUT2D eigenvalue weighted by atomic mass is 9.88. The van der Waals surface area contributed by atoms with Gasteiger partial charge in [-0.15, -0.1) is 0 Å². The Labute approximate surface area is 145 Å². The maximum atomic E-state index is 11.6. The number of carboxylic acids is 4. The smallest absolute Gasteiger partial charge is 0.337 e. The van der Waals surface area contributed by atoms with E-state index in [1.165, 1.54) is 12.1 Å². The molecule has 10 heteroatoms. The maximum absolute atomic E-state index is 11.6. The highest BCUT2D eigenvalue weighted by Gasteiger charge is 2.32. The number of rotatable bonds is 5. The quantitative estimate of drug-likeness (QED) is 0.583. The van der Waals surface area contributed by atoms with Gasteiger partial charge in [-0.25, -0.2) is 19.2 Å². The molecule has 0 atom stereocenters. The van der Waals surface area contributed by atoms with Crippen LogP contribution in [0, 0.1) is 0 Å². The average molecular weight is 366 g/mol. The monoisotopic (exact) mass is 366 g/mol. The predicted octanol–water partition coefficient (Wildman–Crippen LogP) is 0.497. The van der Waals surface area contributed by atoms with Crippen molar-refractivity contribution in [2.45, 2.75) is 0 Å². The van der Waals surface area contributed by atoms with Gasteiger partial charge in [0.2, 0.25) is 0 Å². The van der Waals surface area contributed by atoms with E-state index in [0.717, 1.165) is 6.07 Å². The number of carbonyl (C=O) groups is 4. The summed E-state index contributed by atoms with van der Waals surface area (Å²) in [6, 6.07) is 8.50. The van der Waals surface area contributed by atoms with Crippen LogP contribution in [-0.4, -0.2) is 55.3 Å². The molecule has 2 rings (SSSR count). The standard InChI is InChI=1S/C16H10O8.2H2O/c17-13(18)9-6-8(7-4-2-1-3-5-7)10(14(19)20)12(16(23)24)11(9)15(21)22;;/h1-6H,(H,17,18)(H,19,20)(H,21,22)(H,23,24);2*1H2. The molecular weight excluding hydrogens is 352 g/mol. The predicted molar refractivity (Wildman–Crippen MR) is 86.9 cm³/mol. The van der Waals surface area contributed by atoms with Gasteiger partial charge in [0.15, 0.2) is 0 Å². The Balaban J connectivity index is 0.00000312. The summed E-state index contributed by atoms with van der Waals surface area (Å²) >= 11 is 0. The lowest BCUT2D eigenvalue weighted by molar-refractivity contribution is 0.0620. The summed E-state index contributed by atoms with van der Waals surface area (Å²) in [7, 11) is 0. The van der Waals surface area contributed by atoms with Gasteiger partial charge in [0.05, 0.1) is 22.3 Å². The number of hydrogen-bond donors (Lipinski definition) is 4. The Kier molecular flexibility index (Phi) is 7.16. The van der Waals surface area contributed by atoms with Gasteiger partial charge in [-0.2, -0.15) is 0 Å². The fourth-order valence-electron chi connectivity index (χ4n) is 2.36. The zero-order valence-electron chi connectivity index (χ0n) is 12.9. The van der Waals surface area contributed by atoms with Crippen molar-refractivity contribution in [1.29, 1.82) is 0 Å². The van der Waals surface area contributed by atoms with E-state index in [1.807, 2.05) is 0 Å². The van der Waals surface area contributed by atoms with Crippen LogP contribution in [-0.2, 0) is 0 Å². The van der Waals surface area contributed by atoms with Crippen molar-refractivity contribution in [2.24, 2.45) is 0 Å². The van der Waals surface area contributed by atoms with E-state index in [1.54, 1.807) is 18.2 Å². The molecule has 2 aromatic carbocycles. The molecule has 0 saturated heterocycles. The van der Waals surface area contributed by atoms with Crippen LogP contribution >= 0.6 is 0 Å². The normalized spacial score (nSPS) is 9.38. The van der Waals surface area contributed by atoms with Crippen LogP contribution in [0.25, 0.3) is 11.1 Å². The Morgan fingerprint density at radius 2 is 1.08 bits per heavy atom. The van der Waals surface area contributed by atoms with Gasteiger partial charge < -0.3 is 31.4 Å². The van der Waals surface area contributed by atoms with Crippen molar-refractivity contribution >= 4 is 23.9 Å². The minimum absolute atomic E-state index is 0. The van der Waals surface area contributed by atoms with Crippen LogP contribution < -0.4 is 0 Å². The maximum Gasteiger partial charge on any atom is 0.337 e. The molecule has 0 aliphatic heterocycles. The summed E-state index contributed by atoms with van der Waals surface area (Å²) < 4.78 is 0. The molecule has 0 heterocycles. The second-order valence-corrected chi connectivity index (χ2v) is 4.68. The minimum atomic E-state index is -1.84. The first-order chi connectivity index (χ1) is 11.3. The van der Waals surface area contributed by atoms with Gasteiger partial charge in [-0.1, -0.05) is 30.3 Å². The molecule has 138 valence electrons.